The number of alkyl carbamates (subject to hydrolysis) is 1. The van der Waals surface area contributed by atoms with E-state index < -0.39 is 11.5 Å². The number of carbonyl (C=O) groups is 2. The van der Waals surface area contributed by atoms with Gasteiger partial charge in [0.15, 0.2) is 0 Å². The first kappa shape index (κ1) is 25.3. The van der Waals surface area contributed by atoms with E-state index >= 15 is 0 Å². The number of carbonyl (C=O) groups excluding carboxylic acids is 2. The van der Waals surface area contributed by atoms with Crippen LogP contribution >= 0.6 is 0 Å². The Kier molecular flexibility index (Phi) is 7.05. The Labute approximate surface area is 209 Å². The third-order valence-corrected chi connectivity index (χ3v) is 6.25. The van der Waals surface area contributed by atoms with Gasteiger partial charge in [0.2, 0.25) is 0 Å². The van der Waals surface area contributed by atoms with Crippen molar-refractivity contribution in [3.8, 4) is 5.75 Å². The van der Waals surface area contributed by atoms with Crippen LogP contribution in [0.15, 0.2) is 41.5 Å². The molecule has 0 bridgehead atoms. The van der Waals surface area contributed by atoms with Gasteiger partial charge in [0.25, 0.3) is 11.5 Å². The molecule has 2 aromatic heterocycles. The number of hydrogen-bond acceptors (Lipinski definition) is 6. The lowest BCUT2D eigenvalue weighted by Gasteiger charge is -2.30. The second-order valence-corrected chi connectivity index (χ2v) is 10.2. The highest BCUT2D eigenvalue weighted by atomic mass is 16.6. The quantitative estimate of drug-likeness (QED) is 0.553. The maximum atomic E-state index is 13.0. The highest BCUT2D eigenvalue weighted by Crippen LogP contribution is 2.32. The van der Waals surface area contributed by atoms with Gasteiger partial charge < -0.3 is 24.7 Å². The van der Waals surface area contributed by atoms with Gasteiger partial charge in [-0.2, -0.15) is 5.10 Å². The van der Waals surface area contributed by atoms with E-state index in [1.54, 1.807) is 37.5 Å². The zero-order valence-electron chi connectivity index (χ0n) is 21.3. The molecular formula is C26H33N5O5. The first-order chi connectivity index (χ1) is 17.0. The van der Waals surface area contributed by atoms with E-state index in [1.807, 2.05) is 31.6 Å². The van der Waals surface area contributed by atoms with Crippen LogP contribution < -0.4 is 20.9 Å². The maximum absolute atomic E-state index is 13.0. The third-order valence-electron chi connectivity index (χ3n) is 6.25. The van der Waals surface area contributed by atoms with E-state index in [1.165, 1.54) is 11.7 Å². The van der Waals surface area contributed by atoms with Crippen molar-refractivity contribution in [3.05, 3.63) is 52.6 Å². The van der Waals surface area contributed by atoms with Crippen molar-refractivity contribution in [2.75, 3.05) is 12.4 Å². The molecule has 10 heteroatoms. The number of fused-ring (bicyclic) bond motifs is 1. The Morgan fingerprint density at radius 1 is 1.14 bits per heavy atom. The van der Waals surface area contributed by atoms with Crippen molar-refractivity contribution in [2.24, 2.45) is 7.05 Å². The van der Waals surface area contributed by atoms with E-state index in [0.717, 1.165) is 31.1 Å². The number of pyridine rings is 1. The van der Waals surface area contributed by atoms with Crippen molar-refractivity contribution < 1.29 is 19.1 Å². The number of aromatic nitrogens is 3. The Morgan fingerprint density at radius 3 is 2.53 bits per heavy atom. The van der Waals surface area contributed by atoms with Crippen molar-refractivity contribution in [2.45, 2.75) is 64.1 Å². The monoisotopic (exact) mass is 495 g/mol. The van der Waals surface area contributed by atoms with E-state index in [0.29, 0.717) is 16.8 Å². The van der Waals surface area contributed by atoms with Crippen molar-refractivity contribution in [1.29, 1.82) is 0 Å². The average Bonchev–Trinajstić information content (AvgIpc) is 3.23. The standard InChI is InChI=1S/C26H33N5O5/c1-26(2,3)36-25(34)27-17-8-10-18(11-9-17)31-15-16-13-19(22(35-5)14-21(16)29-31)23(32)28-20-7-6-12-30(4)24(20)33/h6-7,12-15,17-18H,8-11H2,1-5H3,(H,27,34)(H,28,32)/t17-,18-. The molecule has 36 heavy (non-hydrogen) atoms. The lowest BCUT2D eigenvalue weighted by atomic mass is 9.91. The summed E-state index contributed by atoms with van der Waals surface area (Å²) in [6, 6.07) is 6.98. The lowest BCUT2D eigenvalue weighted by molar-refractivity contribution is 0.0487. The number of amides is 2. The smallest absolute Gasteiger partial charge is 0.407 e. The number of rotatable bonds is 5. The minimum absolute atomic E-state index is 0.0714. The number of nitrogens with one attached hydrogen (secondary N) is 2. The van der Waals surface area contributed by atoms with E-state index in [-0.39, 0.29) is 29.4 Å². The Hall–Kier alpha value is -3.82. The third kappa shape index (κ3) is 5.69. The van der Waals surface area contributed by atoms with Crippen LogP contribution in [0, 0.1) is 0 Å². The molecule has 1 aliphatic rings. The number of ether oxygens (including phenoxy) is 2. The summed E-state index contributed by atoms with van der Waals surface area (Å²) in [5, 5.41) is 11.2. The van der Waals surface area contributed by atoms with Gasteiger partial charge in [0, 0.05) is 36.9 Å². The molecule has 4 rings (SSSR count). The van der Waals surface area contributed by atoms with Crippen molar-refractivity contribution in [3.63, 3.8) is 0 Å². The first-order valence-corrected chi connectivity index (χ1v) is 12.1. The van der Waals surface area contributed by atoms with Gasteiger partial charge in [-0.15, -0.1) is 0 Å². The van der Waals surface area contributed by atoms with Crippen LogP contribution in [0.4, 0.5) is 10.5 Å². The van der Waals surface area contributed by atoms with E-state index in [4.69, 9.17) is 14.6 Å². The summed E-state index contributed by atoms with van der Waals surface area (Å²) in [5.74, 6) is -0.0539. The Bertz CT molecular complexity index is 1330. The minimum Gasteiger partial charge on any atom is -0.496 e. The molecule has 2 amide bonds. The molecule has 0 aliphatic heterocycles. The predicted octanol–water partition coefficient (Wildman–Crippen LogP) is 4.00. The first-order valence-electron chi connectivity index (χ1n) is 12.1. The number of aryl methyl sites for hydroxylation is 1. The Morgan fingerprint density at radius 2 is 1.86 bits per heavy atom. The molecule has 0 saturated heterocycles. The largest absolute Gasteiger partial charge is 0.496 e. The number of nitrogens with zero attached hydrogens (tertiary/aromatic N) is 3. The molecule has 0 spiro atoms. The normalized spacial score (nSPS) is 18.0. The highest BCUT2D eigenvalue weighted by Gasteiger charge is 2.26. The molecule has 10 nitrogen and oxygen atoms in total. The molecule has 0 unspecified atom stereocenters. The molecule has 2 heterocycles. The average molecular weight is 496 g/mol. The molecule has 3 aromatic rings. The van der Waals surface area contributed by atoms with Gasteiger partial charge >= 0.3 is 6.09 Å². The molecule has 0 atom stereocenters. The SMILES string of the molecule is COc1cc2nn([C@H]3CC[C@H](NC(=O)OC(C)(C)C)CC3)cc2cc1C(=O)Nc1cccn(C)c1=O. The molecule has 1 aliphatic carbocycles. The summed E-state index contributed by atoms with van der Waals surface area (Å²) < 4.78 is 14.2. The second-order valence-electron chi connectivity index (χ2n) is 10.2. The minimum atomic E-state index is -0.524. The summed E-state index contributed by atoms with van der Waals surface area (Å²) >= 11 is 0. The molecule has 0 radical (unpaired) electrons. The second kappa shape index (κ2) is 10.0. The molecule has 2 N–H and O–H groups in total. The van der Waals surface area contributed by atoms with Crippen LogP contribution in [0.1, 0.15) is 62.9 Å². The predicted molar refractivity (Wildman–Crippen MR) is 137 cm³/mol. The highest BCUT2D eigenvalue weighted by molar-refractivity contribution is 6.08. The van der Waals surface area contributed by atoms with Crippen molar-refractivity contribution in [1.82, 2.24) is 19.7 Å². The summed E-state index contributed by atoms with van der Waals surface area (Å²) in [6.45, 7) is 5.54. The fraction of sp³-hybridized carbons (Fsp3) is 0.462. The van der Waals surface area contributed by atoms with Crippen LogP contribution in [0.5, 0.6) is 5.75 Å². The van der Waals surface area contributed by atoms with Gasteiger partial charge in [0.1, 0.15) is 17.0 Å². The van der Waals surface area contributed by atoms with Crippen LogP contribution in [0.25, 0.3) is 10.9 Å². The summed E-state index contributed by atoms with van der Waals surface area (Å²) in [5.41, 5.74) is 0.410. The molecular weight excluding hydrogens is 462 g/mol. The molecule has 1 saturated carbocycles. The van der Waals surface area contributed by atoms with Crippen molar-refractivity contribution >= 4 is 28.6 Å². The van der Waals surface area contributed by atoms with E-state index in [2.05, 4.69) is 10.6 Å². The maximum Gasteiger partial charge on any atom is 0.407 e. The number of methoxy groups -OCH3 is 1. The summed E-state index contributed by atoms with van der Waals surface area (Å²) in [7, 11) is 3.12. The number of anilines is 1. The number of hydrogen-bond donors (Lipinski definition) is 2. The molecule has 192 valence electrons. The van der Waals surface area contributed by atoms with Gasteiger partial charge in [-0.1, -0.05) is 0 Å². The number of benzene rings is 1. The van der Waals surface area contributed by atoms with Crippen LogP contribution in [-0.4, -0.2) is 45.1 Å². The topological polar surface area (TPSA) is 116 Å². The van der Waals surface area contributed by atoms with Gasteiger partial charge in [-0.25, -0.2) is 4.79 Å². The lowest BCUT2D eigenvalue weighted by Crippen LogP contribution is -2.41. The fourth-order valence-electron chi connectivity index (χ4n) is 4.45. The van der Waals surface area contributed by atoms with Gasteiger partial charge in [-0.05, 0) is 64.7 Å². The van der Waals surface area contributed by atoms with Gasteiger partial charge in [0.05, 0.1) is 24.2 Å². The fourth-order valence-corrected chi connectivity index (χ4v) is 4.45. The molecule has 1 fully saturated rings. The van der Waals surface area contributed by atoms with Gasteiger partial charge in [-0.3, -0.25) is 14.3 Å². The zero-order valence-corrected chi connectivity index (χ0v) is 21.3. The van der Waals surface area contributed by atoms with E-state index in [9.17, 15) is 14.4 Å². The zero-order chi connectivity index (χ0) is 26.0. The summed E-state index contributed by atoms with van der Waals surface area (Å²) in [6.07, 6.45) is 6.53. The van der Waals surface area contributed by atoms with Crippen LogP contribution in [0.2, 0.25) is 0 Å². The Balaban J connectivity index is 1.47. The van der Waals surface area contributed by atoms with Crippen LogP contribution in [0.3, 0.4) is 0 Å². The molecule has 1 aromatic carbocycles. The van der Waals surface area contributed by atoms with Crippen LogP contribution in [-0.2, 0) is 11.8 Å². The summed E-state index contributed by atoms with van der Waals surface area (Å²) in [4.78, 5) is 37.4.